The van der Waals surface area contributed by atoms with Crippen molar-refractivity contribution in [3.05, 3.63) is 44.0 Å². The van der Waals surface area contributed by atoms with Crippen LogP contribution in [-0.2, 0) is 0 Å². The van der Waals surface area contributed by atoms with Crippen LogP contribution in [0.2, 0.25) is 5.15 Å². The van der Waals surface area contributed by atoms with E-state index in [-0.39, 0.29) is 11.7 Å². The van der Waals surface area contributed by atoms with Gasteiger partial charge in [0.2, 0.25) is 0 Å². The monoisotopic (exact) mass is 390 g/mol. The predicted molar refractivity (Wildman–Crippen MR) is 84.0 cm³/mol. The molecule has 0 unspecified atom stereocenters. The Kier molecular flexibility index (Phi) is 4.40. The molecule has 1 heterocycles. The molecule has 0 saturated heterocycles. The van der Waals surface area contributed by atoms with Crippen molar-refractivity contribution in [1.82, 2.24) is 9.97 Å². The van der Waals surface area contributed by atoms with E-state index in [1.165, 1.54) is 12.1 Å². The molecule has 0 bridgehead atoms. The topological polar surface area (TPSA) is 25.8 Å². The maximum absolute atomic E-state index is 13.5. The lowest BCUT2D eigenvalue weighted by atomic mass is 10.1. The van der Waals surface area contributed by atoms with Gasteiger partial charge in [0.15, 0.2) is 5.82 Å². The highest BCUT2D eigenvalue weighted by molar-refractivity contribution is 14.1. The second-order valence-corrected chi connectivity index (χ2v) is 6.15. The highest BCUT2D eigenvalue weighted by atomic mass is 127. The number of halogens is 3. The third-order valence-electron chi connectivity index (χ3n) is 2.68. The highest BCUT2D eigenvalue weighted by Gasteiger charge is 2.15. The number of hydrogen-bond acceptors (Lipinski definition) is 2. The summed E-state index contributed by atoms with van der Waals surface area (Å²) in [7, 11) is 0. The molecule has 0 radical (unpaired) electrons. The first kappa shape index (κ1) is 14.7. The zero-order chi connectivity index (χ0) is 14.2. The number of nitrogens with zero attached hydrogens (tertiary/aromatic N) is 2. The summed E-state index contributed by atoms with van der Waals surface area (Å²) in [5, 5.41) is 0.413. The summed E-state index contributed by atoms with van der Waals surface area (Å²) in [6.45, 7) is 5.92. The molecule has 0 fully saturated rings. The van der Waals surface area contributed by atoms with Gasteiger partial charge < -0.3 is 0 Å². The van der Waals surface area contributed by atoms with Crippen molar-refractivity contribution in [1.29, 1.82) is 0 Å². The van der Waals surface area contributed by atoms with E-state index in [1.54, 1.807) is 0 Å². The Balaban J connectivity index is 2.62. The lowest BCUT2D eigenvalue weighted by Crippen LogP contribution is -2.02. The Morgan fingerprint density at radius 1 is 1.21 bits per heavy atom. The van der Waals surface area contributed by atoms with Crippen LogP contribution in [-0.4, -0.2) is 9.97 Å². The fourth-order valence-corrected chi connectivity index (χ4v) is 2.85. The molecule has 0 aliphatic rings. The molecule has 2 rings (SSSR count). The summed E-state index contributed by atoms with van der Waals surface area (Å²) in [5.41, 5.74) is 2.37. The number of benzene rings is 1. The Hall–Kier alpha value is -0.750. The van der Waals surface area contributed by atoms with E-state index in [9.17, 15) is 4.39 Å². The molecule has 19 heavy (non-hydrogen) atoms. The molecule has 0 aliphatic carbocycles. The lowest BCUT2D eigenvalue weighted by molar-refractivity contribution is 0.627. The van der Waals surface area contributed by atoms with Gasteiger partial charge in [-0.1, -0.05) is 25.4 Å². The van der Waals surface area contributed by atoms with Gasteiger partial charge in [-0.3, -0.25) is 0 Å². The van der Waals surface area contributed by atoms with Gasteiger partial charge in [0.25, 0.3) is 0 Å². The Bertz CT molecular complexity index is 609. The van der Waals surface area contributed by atoms with Gasteiger partial charge in [0, 0.05) is 5.56 Å². The average molecular weight is 391 g/mol. The van der Waals surface area contributed by atoms with Crippen LogP contribution in [0.5, 0.6) is 0 Å². The molecule has 0 spiro atoms. The zero-order valence-corrected chi connectivity index (χ0v) is 13.8. The fourth-order valence-electron chi connectivity index (χ4n) is 1.81. The lowest BCUT2D eigenvalue weighted by Gasteiger charge is -2.11. The summed E-state index contributed by atoms with van der Waals surface area (Å²) in [5.74, 6) is 0.414. The van der Waals surface area contributed by atoms with Crippen LogP contribution in [0.15, 0.2) is 18.2 Å². The number of aromatic nitrogens is 2. The highest BCUT2D eigenvalue weighted by Crippen LogP contribution is 2.28. The average Bonchev–Trinajstić information content (AvgIpc) is 2.30. The molecule has 0 atom stereocenters. The summed E-state index contributed by atoms with van der Waals surface area (Å²) in [4.78, 5) is 8.76. The van der Waals surface area contributed by atoms with Crippen LogP contribution in [0.3, 0.4) is 0 Å². The third-order valence-corrected chi connectivity index (χ3v) is 4.34. The first-order chi connectivity index (χ1) is 8.88. The minimum Gasteiger partial charge on any atom is -0.232 e. The molecular formula is C14H13ClFIN2. The molecular weight excluding hydrogens is 378 g/mol. The van der Waals surface area contributed by atoms with Crippen LogP contribution in [0.25, 0.3) is 11.4 Å². The van der Waals surface area contributed by atoms with Gasteiger partial charge in [-0.2, -0.15) is 0 Å². The van der Waals surface area contributed by atoms with Gasteiger partial charge in [-0.05, 0) is 59.2 Å². The van der Waals surface area contributed by atoms with Crippen LogP contribution in [0, 0.1) is 16.3 Å². The minimum absolute atomic E-state index is 0.237. The second kappa shape index (κ2) is 5.71. The first-order valence-electron chi connectivity index (χ1n) is 5.89. The summed E-state index contributed by atoms with van der Waals surface area (Å²) >= 11 is 8.28. The molecule has 1 aromatic heterocycles. The van der Waals surface area contributed by atoms with Gasteiger partial charge in [-0.15, -0.1) is 0 Å². The van der Waals surface area contributed by atoms with Crippen molar-refractivity contribution in [2.24, 2.45) is 0 Å². The maximum Gasteiger partial charge on any atom is 0.161 e. The Labute approximate surface area is 130 Å². The third kappa shape index (κ3) is 3.23. The normalized spacial score (nSPS) is 11.1. The van der Waals surface area contributed by atoms with Gasteiger partial charge in [0.05, 0.1) is 9.26 Å². The predicted octanol–water partition coefficient (Wildman–Crippen LogP) is 4.97. The van der Waals surface area contributed by atoms with E-state index in [0.29, 0.717) is 16.5 Å². The molecule has 2 nitrogen and oxygen atoms in total. The van der Waals surface area contributed by atoms with Crippen molar-refractivity contribution in [2.45, 2.75) is 26.7 Å². The second-order valence-electron chi connectivity index (χ2n) is 4.71. The number of rotatable bonds is 2. The molecule has 5 heteroatoms. The first-order valence-corrected chi connectivity index (χ1v) is 7.34. The Morgan fingerprint density at radius 2 is 1.89 bits per heavy atom. The molecule has 0 aliphatic heterocycles. The molecule has 0 N–H and O–H groups in total. The van der Waals surface area contributed by atoms with Gasteiger partial charge >= 0.3 is 0 Å². The minimum atomic E-state index is -0.292. The van der Waals surface area contributed by atoms with E-state index in [4.69, 9.17) is 11.6 Å². The molecule has 2 aromatic rings. The van der Waals surface area contributed by atoms with Crippen LogP contribution in [0.4, 0.5) is 4.39 Å². The molecule has 100 valence electrons. The molecule has 1 aromatic carbocycles. The van der Waals surface area contributed by atoms with E-state index in [1.807, 2.05) is 26.8 Å². The van der Waals surface area contributed by atoms with Gasteiger partial charge in [0.1, 0.15) is 11.0 Å². The Morgan fingerprint density at radius 3 is 2.47 bits per heavy atom. The van der Waals surface area contributed by atoms with Crippen molar-refractivity contribution >= 4 is 34.2 Å². The van der Waals surface area contributed by atoms with Gasteiger partial charge in [-0.25, -0.2) is 14.4 Å². The largest absolute Gasteiger partial charge is 0.232 e. The van der Waals surface area contributed by atoms with E-state index < -0.39 is 0 Å². The summed E-state index contributed by atoms with van der Waals surface area (Å²) < 4.78 is 14.3. The van der Waals surface area contributed by atoms with Crippen LogP contribution < -0.4 is 0 Å². The SMILES string of the molecule is Cc1cc(F)cc(-c2nc(Cl)c(I)c(C(C)C)n2)c1. The number of aryl methyl sites for hydroxylation is 1. The zero-order valence-electron chi connectivity index (χ0n) is 10.8. The quantitative estimate of drug-likeness (QED) is 0.534. The van der Waals surface area contributed by atoms with Crippen LogP contribution in [0.1, 0.15) is 31.0 Å². The van der Waals surface area contributed by atoms with E-state index in [2.05, 4.69) is 32.6 Å². The van der Waals surface area contributed by atoms with Crippen molar-refractivity contribution in [3.8, 4) is 11.4 Å². The standard InChI is InChI=1S/C14H13ClFIN2/c1-7(2)12-11(17)13(15)19-14(18-12)9-4-8(3)5-10(16)6-9/h4-7H,1-3H3. The van der Waals surface area contributed by atoms with E-state index in [0.717, 1.165) is 14.8 Å². The van der Waals surface area contributed by atoms with Crippen molar-refractivity contribution in [3.63, 3.8) is 0 Å². The number of hydrogen-bond donors (Lipinski definition) is 0. The van der Waals surface area contributed by atoms with Crippen molar-refractivity contribution in [2.75, 3.05) is 0 Å². The summed E-state index contributed by atoms with van der Waals surface area (Å²) in [6, 6.07) is 4.75. The fraction of sp³-hybridized carbons (Fsp3) is 0.286. The summed E-state index contributed by atoms with van der Waals surface area (Å²) in [6.07, 6.45) is 0. The molecule has 0 amide bonds. The maximum atomic E-state index is 13.5. The van der Waals surface area contributed by atoms with Crippen molar-refractivity contribution < 1.29 is 4.39 Å². The smallest absolute Gasteiger partial charge is 0.161 e. The van der Waals surface area contributed by atoms with E-state index >= 15 is 0 Å². The van der Waals surface area contributed by atoms with Crippen LogP contribution >= 0.6 is 34.2 Å². The molecule has 0 saturated carbocycles.